The molecule has 0 radical (unpaired) electrons. The van der Waals surface area contributed by atoms with Crippen molar-refractivity contribution >= 4 is 5.78 Å². The first-order valence-corrected chi connectivity index (χ1v) is 6.54. The Morgan fingerprint density at radius 3 is 1.83 bits per heavy atom. The minimum Gasteiger partial charge on any atom is -0.497 e. The van der Waals surface area contributed by atoms with Crippen molar-refractivity contribution in [2.75, 3.05) is 7.11 Å². The topological polar surface area (TPSA) is 26.3 Å². The molecule has 0 aliphatic rings. The molecular weight excluding hydrogens is 319 g/mol. The van der Waals surface area contributed by atoms with Gasteiger partial charge in [0, 0.05) is 17.5 Å². The van der Waals surface area contributed by atoms with Crippen LogP contribution in [0, 0.1) is 29.1 Å². The summed E-state index contributed by atoms with van der Waals surface area (Å²) in [7, 11) is 1.44. The third-order valence-electron chi connectivity index (χ3n) is 3.31. The second kappa shape index (κ2) is 6.76. The highest BCUT2D eigenvalue weighted by atomic mass is 19.2. The molecule has 0 aliphatic carbocycles. The highest BCUT2D eigenvalue weighted by Crippen LogP contribution is 2.24. The monoisotopic (exact) mass is 330 g/mol. The first-order chi connectivity index (χ1) is 10.9. The van der Waals surface area contributed by atoms with Gasteiger partial charge in [0.2, 0.25) is 5.82 Å². The lowest BCUT2D eigenvalue weighted by Gasteiger charge is -2.08. The van der Waals surface area contributed by atoms with Crippen LogP contribution in [0.25, 0.3) is 0 Å². The van der Waals surface area contributed by atoms with Crippen LogP contribution in [0.5, 0.6) is 5.75 Å². The maximum atomic E-state index is 13.5. The number of carbonyl (C=O) groups is 1. The average molecular weight is 330 g/mol. The van der Waals surface area contributed by atoms with E-state index in [4.69, 9.17) is 4.74 Å². The van der Waals surface area contributed by atoms with Crippen LogP contribution in [0.2, 0.25) is 0 Å². The van der Waals surface area contributed by atoms with Crippen LogP contribution in [-0.4, -0.2) is 12.9 Å². The Morgan fingerprint density at radius 1 is 0.870 bits per heavy atom. The van der Waals surface area contributed by atoms with E-state index in [1.54, 1.807) is 0 Å². The van der Waals surface area contributed by atoms with Gasteiger partial charge >= 0.3 is 0 Å². The molecule has 0 amide bonds. The third kappa shape index (κ3) is 3.33. The van der Waals surface area contributed by atoms with Gasteiger partial charge in [-0.25, -0.2) is 22.0 Å². The standard InChI is InChI=1S/C16H11F5O2/c1-23-9-4-2-8(3-5-9)11(22)7-6-10-12(17)14(19)16(21)15(20)13(10)18/h2-5H,6-7H2,1H3. The van der Waals surface area contributed by atoms with Crippen LogP contribution >= 0.6 is 0 Å². The summed E-state index contributed by atoms with van der Waals surface area (Å²) in [6.07, 6.45) is -0.999. The Bertz CT molecular complexity index is 712. The van der Waals surface area contributed by atoms with E-state index >= 15 is 0 Å². The highest BCUT2D eigenvalue weighted by molar-refractivity contribution is 5.96. The number of methoxy groups -OCH3 is 1. The lowest BCUT2D eigenvalue weighted by molar-refractivity contribution is 0.0982. The first kappa shape index (κ1) is 16.9. The molecule has 0 unspecified atom stereocenters. The average Bonchev–Trinajstić information content (AvgIpc) is 2.58. The van der Waals surface area contributed by atoms with Gasteiger partial charge in [0.05, 0.1) is 7.11 Å². The van der Waals surface area contributed by atoms with Crippen LogP contribution in [-0.2, 0) is 6.42 Å². The van der Waals surface area contributed by atoms with Gasteiger partial charge in [-0.15, -0.1) is 0 Å². The van der Waals surface area contributed by atoms with Crippen molar-refractivity contribution in [1.82, 2.24) is 0 Å². The van der Waals surface area contributed by atoms with E-state index in [0.717, 1.165) is 0 Å². The third-order valence-corrected chi connectivity index (χ3v) is 3.31. The molecule has 0 N–H and O–H groups in total. The number of Topliss-reactive ketones (excluding diaryl/α,β-unsaturated/α-hetero) is 1. The van der Waals surface area contributed by atoms with E-state index in [-0.39, 0.29) is 5.56 Å². The van der Waals surface area contributed by atoms with Crippen molar-refractivity contribution in [2.45, 2.75) is 12.8 Å². The maximum absolute atomic E-state index is 13.5. The molecule has 0 aliphatic heterocycles. The smallest absolute Gasteiger partial charge is 0.200 e. The Kier molecular flexibility index (Phi) is 4.98. The molecule has 23 heavy (non-hydrogen) atoms. The molecule has 0 saturated carbocycles. The van der Waals surface area contributed by atoms with E-state index in [9.17, 15) is 26.7 Å². The molecule has 0 bridgehead atoms. The summed E-state index contributed by atoms with van der Waals surface area (Å²) in [5.41, 5.74) is -0.752. The van der Waals surface area contributed by atoms with Gasteiger partial charge in [-0.3, -0.25) is 4.79 Å². The number of hydrogen-bond acceptors (Lipinski definition) is 2. The quantitative estimate of drug-likeness (QED) is 0.355. The summed E-state index contributed by atoms with van der Waals surface area (Å²) < 4.78 is 71.0. The minimum atomic E-state index is -2.22. The van der Waals surface area contributed by atoms with Crippen molar-refractivity contribution in [1.29, 1.82) is 0 Å². The van der Waals surface area contributed by atoms with Crippen LogP contribution in [0.1, 0.15) is 22.3 Å². The molecule has 0 atom stereocenters. The predicted octanol–water partition coefficient (Wildman–Crippen LogP) is 4.21. The molecule has 2 aromatic carbocycles. The molecule has 2 nitrogen and oxygen atoms in total. The van der Waals surface area contributed by atoms with Crippen LogP contribution in [0.3, 0.4) is 0 Å². The molecule has 0 heterocycles. The van der Waals surface area contributed by atoms with Crippen LogP contribution < -0.4 is 4.74 Å². The lowest BCUT2D eigenvalue weighted by Crippen LogP contribution is -2.09. The minimum absolute atomic E-state index is 0.245. The summed E-state index contributed by atoms with van der Waals surface area (Å²) in [5.74, 6) is -10.1. The van der Waals surface area contributed by atoms with Gasteiger partial charge in [-0.2, -0.15) is 0 Å². The number of ketones is 1. The Labute approximate surface area is 128 Å². The maximum Gasteiger partial charge on any atom is 0.200 e. The van der Waals surface area contributed by atoms with Gasteiger partial charge in [-0.1, -0.05) is 0 Å². The second-order valence-corrected chi connectivity index (χ2v) is 4.70. The fourth-order valence-corrected chi connectivity index (χ4v) is 2.03. The Hall–Kier alpha value is -2.44. The second-order valence-electron chi connectivity index (χ2n) is 4.70. The van der Waals surface area contributed by atoms with Gasteiger partial charge in [-0.05, 0) is 30.7 Å². The zero-order valence-electron chi connectivity index (χ0n) is 11.9. The van der Waals surface area contributed by atoms with Crippen LogP contribution in [0.15, 0.2) is 24.3 Å². The Morgan fingerprint density at radius 2 is 1.35 bits per heavy atom. The van der Waals surface area contributed by atoms with Crippen molar-refractivity contribution < 1.29 is 31.5 Å². The van der Waals surface area contributed by atoms with E-state index < -0.39 is 53.3 Å². The number of hydrogen-bond donors (Lipinski definition) is 0. The molecule has 2 aromatic rings. The van der Waals surface area contributed by atoms with E-state index in [0.29, 0.717) is 5.75 Å². The largest absolute Gasteiger partial charge is 0.497 e. The zero-order chi connectivity index (χ0) is 17.1. The number of rotatable bonds is 5. The molecule has 0 fully saturated rings. The van der Waals surface area contributed by atoms with Crippen molar-refractivity contribution in [3.63, 3.8) is 0 Å². The van der Waals surface area contributed by atoms with Crippen molar-refractivity contribution in [3.05, 3.63) is 64.5 Å². The number of carbonyl (C=O) groups excluding carboxylic acids is 1. The molecule has 0 aromatic heterocycles. The van der Waals surface area contributed by atoms with E-state index in [1.807, 2.05) is 0 Å². The lowest BCUT2D eigenvalue weighted by atomic mass is 10.0. The number of halogens is 5. The van der Waals surface area contributed by atoms with Gasteiger partial charge in [0.1, 0.15) is 5.75 Å². The SMILES string of the molecule is COc1ccc(C(=O)CCc2c(F)c(F)c(F)c(F)c2F)cc1. The fraction of sp³-hybridized carbons (Fsp3) is 0.188. The molecule has 0 spiro atoms. The summed E-state index contributed by atoms with van der Waals surface area (Å²) >= 11 is 0. The number of benzene rings is 2. The molecule has 7 heteroatoms. The fourth-order valence-electron chi connectivity index (χ4n) is 2.03. The molecule has 0 saturated heterocycles. The summed E-state index contributed by atoms with van der Waals surface area (Å²) in [6.45, 7) is 0. The van der Waals surface area contributed by atoms with Gasteiger partial charge in [0.25, 0.3) is 0 Å². The van der Waals surface area contributed by atoms with Gasteiger partial charge in [0.15, 0.2) is 29.1 Å². The van der Waals surface area contributed by atoms with Crippen molar-refractivity contribution in [2.24, 2.45) is 0 Å². The summed E-state index contributed by atoms with van der Waals surface area (Å²) in [5, 5.41) is 0. The predicted molar refractivity (Wildman–Crippen MR) is 71.9 cm³/mol. The van der Waals surface area contributed by atoms with E-state index in [1.165, 1.54) is 31.4 Å². The molecular formula is C16H11F5O2. The van der Waals surface area contributed by atoms with E-state index in [2.05, 4.69) is 0 Å². The number of ether oxygens (including phenoxy) is 1. The highest BCUT2D eigenvalue weighted by Gasteiger charge is 2.25. The normalized spacial score (nSPS) is 10.7. The summed E-state index contributed by atoms with van der Waals surface area (Å²) in [6, 6.07) is 5.93. The first-order valence-electron chi connectivity index (χ1n) is 6.54. The Balaban J connectivity index is 2.19. The van der Waals surface area contributed by atoms with Crippen LogP contribution in [0.4, 0.5) is 22.0 Å². The zero-order valence-corrected chi connectivity index (χ0v) is 11.9. The summed E-state index contributed by atoms with van der Waals surface area (Å²) in [4.78, 5) is 11.9. The molecule has 2 rings (SSSR count). The molecule has 122 valence electrons. The van der Waals surface area contributed by atoms with Gasteiger partial charge < -0.3 is 4.74 Å². The van der Waals surface area contributed by atoms with Crippen molar-refractivity contribution in [3.8, 4) is 5.75 Å².